The van der Waals surface area contributed by atoms with Crippen LogP contribution in [0, 0.1) is 11.7 Å². The zero-order chi connectivity index (χ0) is 14.0. The number of carboxylic acid groups (broad SMARTS) is 1. The van der Waals surface area contributed by atoms with Crippen LogP contribution in [0.5, 0.6) is 0 Å². The molecule has 3 nitrogen and oxygen atoms in total. The maximum Gasteiger partial charge on any atom is 0.320 e. The van der Waals surface area contributed by atoms with Crippen molar-refractivity contribution in [2.24, 2.45) is 5.92 Å². The largest absolute Gasteiger partial charge is 0.480 e. The van der Waals surface area contributed by atoms with Crippen LogP contribution in [0.3, 0.4) is 0 Å². The lowest BCUT2D eigenvalue weighted by molar-refractivity contribution is -0.145. The summed E-state index contributed by atoms with van der Waals surface area (Å²) in [4.78, 5) is 13.2. The average Bonchev–Trinajstić information content (AvgIpc) is 2.36. The van der Waals surface area contributed by atoms with E-state index in [-0.39, 0.29) is 5.02 Å². The number of halogens is 2. The smallest absolute Gasteiger partial charge is 0.320 e. The summed E-state index contributed by atoms with van der Waals surface area (Å²) in [6, 6.07) is 4.07. The average molecular weight is 286 g/mol. The molecule has 1 N–H and O–H groups in total. The van der Waals surface area contributed by atoms with Gasteiger partial charge in [-0.05, 0) is 43.0 Å². The molecule has 1 heterocycles. The molecule has 0 aliphatic carbocycles. The molecule has 2 unspecified atom stereocenters. The highest BCUT2D eigenvalue weighted by Gasteiger charge is 2.31. The van der Waals surface area contributed by atoms with Crippen LogP contribution in [0.25, 0.3) is 0 Å². The van der Waals surface area contributed by atoms with Gasteiger partial charge in [-0.1, -0.05) is 24.6 Å². The molecule has 1 saturated heterocycles. The summed E-state index contributed by atoms with van der Waals surface area (Å²) in [5, 5.41) is 9.35. The van der Waals surface area contributed by atoms with Gasteiger partial charge in [0, 0.05) is 6.54 Å². The minimum absolute atomic E-state index is 0.0785. The number of aliphatic carboxylic acids is 1. The van der Waals surface area contributed by atoms with E-state index >= 15 is 0 Å². The van der Waals surface area contributed by atoms with Crippen molar-refractivity contribution in [1.82, 2.24) is 4.90 Å². The molecule has 0 spiro atoms. The number of nitrogens with zero attached hydrogens (tertiary/aromatic N) is 1. The molecular formula is C14H17ClFNO2. The zero-order valence-corrected chi connectivity index (χ0v) is 11.5. The van der Waals surface area contributed by atoms with Crippen LogP contribution >= 0.6 is 11.6 Å². The molecule has 2 atom stereocenters. The molecule has 1 aliphatic heterocycles. The summed E-state index contributed by atoms with van der Waals surface area (Å²) < 4.78 is 13.1. The van der Waals surface area contributed by atoms with E-state index in [4.69, 9.17) is 11.6 Å². The van der Waals surface area contributed by atoms with Crippen molar-refractivity contribution in [3.63, 3.8) is 0 Å². The summed E-state index contributed by atoms with van der Waals surface area (Å²) in [5.74, 6) is -0.818. The standard InChI is InChI=1S/C14H17ClFNO2/c1-9-4-5-17(13(6-9)14(18)19)8-10-2-3-12(16)11(15)7-10/h2-3,7,9,13H,4-6,8H2,1H3,(H,18,19). The molecule has 5 heteroatoms. The van der Waals surface area contributed by atoms with E-state index in [2.05, 4.69) is 6.92 Å². The molecule has 2 rings (SSSR count). The van der Waals surface area contributed by atoms with Crippen LogP contribution in [-0.2, 0) is 11.3 Å². The van der Waals surface area contributed by atoms with Gasteiger partial charge in [0.1, 0.15) is 11.9 Å². The fraction of sp³-hybridized carbons (Fsp3) is 0.500. The maximum atomic E-state index is 13.1. The number of carboxylic acids is 1. The van der Waals surface area contributed by atoms with Crippen molar-refractivity contribution >= 4 is 17.6 Å². The van der Waals surface area contributed by atoms with Crippen LogP contribution in [0.2, 0.25) is 5.02 Å². The van der Waals surface area contributed by atoms with Crippen molar-refractivity contribution in [3.8, 4) is 0 Å². The molecule has 1 aromatic rings. The third kappa shape index (κ3) is 3.45. The van der Waals surface area contributed by atoms with E-state index in [0.29, 0.717) is 18.9 Å². The van der Waals surface area contributed by atoms with Gasteiger partial charge < -0.3 is 5.11 Å². The highest BCUT2D eigenvalue weighted by molar-refractivity contribution is 6.30. The van der Waals surface area contributed by atoms with Crippen molar-refractivity contribution in [3.05, 3.63) is 34.6 Å². The molecule has 0 radical (unpaired) electrons. The SMILES string of the molecule is CC1CCN(Cc2ccc(F)c(Cl)c2)C(C(=O)O)C1. The van der Waals surface area contributed by atoms with Crippen molar-refractivity contribution in [1.29, 1.82) is 0 Å². The van der Waals surface area contributed by atoms with Gasteiger partial charge in [-0.15, -0.1) is 0 Å². The van der Waals surface area contributed by atoms with Gasteiger partial charge in [0.15, 0.2) is 0 Å². The Hall–Kier alpha value is -1.13. The molecule has 0 amide bonds. The number of rotatable bonds is 3. The fourth-order valence-corrected chi connectivity index (χ4v) is 2.71. The molecule has 0 bridgehead atoms. The quantitative estimate of drug-likeness (QED) is 0.927. The summed E-state index contributed by atoms with van der Waals surface area (Å²) in [7, 11) is 0. The highest BCUT2D eigenvalue weighted by Crippen LogP contribution is 2.25. The Kier molecular flexibility index (Phi) is 4.42. The summed E-state index contributed by atoms with van der Waals surface area (Å²) in [6.45, 7) is 3.30. The number of benzene rings is 1. The van der Waals surface area contributed by atoms with Gasteiger partial charge >= 0.3 is 5.97 Å². The van der Waals surface area contributed by atoms with Crippen molar-refractivity contribution < 1.29 is 14.3 Å². The van der Waals surface area contributed by atoms with E-state index in [1.165, 1.54) is 6.07 Å². The molecule has 1 aromatic carbocycles. The van der Waals surface area contributed by atoms with Gasteiger partial charge in [-0.25, -0.2) is 4.39 Å². The first kappa shape index (κ1) is 14.3. The fourth-order valence-electron chi connectivity index (χ4n) is 2.51. The lowest BCUT2D eigenvalue weighted by Gasteiger charge is -2.36. The van der Waals surface area contributed by atoms with Crippen molar-refractivity contribution in [2.45, 2.75) is 32.4 Å². The van der Waals surface area contributed by atoms with E-state index in [0.717, 1.165) is 18.5 Å². The number of carbonyl (C=O) groups is 1. The predicted octanol–water partition coefficient (Wildman–Crippen LogP) is 3.16. The van der Waals surface area contributed by atoms with Crippen molar-refractivity contribution in [2.75, 3.05) is 6.54 Å². The first-order valence-corrected chi connectivity index (χ1v) is 6.76. The Morgan fingerprint density at radius 1 is 1.58 bits per heavy atom. The Morgan fingerprint density at radius 2 is 2.32 bits per heavy atom. The second-order valence-electron chi connectivity index (χ2n) is 5.20. The third-order valence-electron chi connectivity index (χ3n) is 3.63. The number of hydrogen-bond acceptors (Lipinski definition) is 2. The van der Waals surface area contributed by atoms with E-state index < -0.39 is 17.8 Å². The van der Waals surface area contributed by atoms with Gasteiger partial charge in [-0.3, -0.25) is 9.69 Å². The van der Waals surface area contributed by atoms with Gasteiger partial charge in [-0.2, -0.15) is 0 Å². The van der Waals surface area contributed by atoms with Crippen LogP contribution < -0.4 is 0 Å². The molecule has 19 heavy (non-hydrogen) atoms. The molecule has 0 aromatic heterocycles. The lowest BCUT2D eigenvalue weighted by Crippen LogP contribution is -2.46. The highest BCUT2D eigenvalue weighted by atomic mass is 35.5. The Bertz CT molecular complexity index is 481. The molecular weight excluding hydrogens is 269 g/mol. The van der Waals surface area contributed by atoms with Gasteiger partial charge in [0.05, 0.1) is 5.02 Å². The number of likely N-dealkylation sites (tertiary alicyclic amines) is 1. The summed E-state index contributed by atoms with van der Waals surface area (Å²) >= 11 is 5.74. The first-order valence-electron chi connectivity index (χ1n) is 6.38. The topological polar surface area (TPSA) is 40.5 Å². The number of hydrogen-bond donors (Lipinski definition) is 1. The Morgan fingerprint density at radius 3 is 2.95 bits per heavy atom. The molecule has 0 saturated carbocycles. The van der Waals surface area contributed by atoms with Crippen LogP contribution in [-0.4, -0.2) is 28.6 Å². The first-order chi connectivity index (χ1) is 8.97. The normalized spacial score (nSPS) is 24.4. The minimum Gasteiger partial charge on any atom is -0.480 e. The van der Waals surface area contributed by atoms with Gasteiger partial charge in [0.2, 0.25) is 0 Å². The third-order valence-corrected chi connectivity index (χ3v) is 3.92. The zero-order valence-electron chi connectivity index (χ0n) is 10.8. The monoisotopic (exact) mass is 285 g/mol. The number of piperidine rings is 1. The molecule has 1 fully saturated rings. The van der Waals surface area contributed by atoms with Gasteiger partial charge in [0.25, 0.3) is 0 Å². The van der Waals surface area contributed by atoms with E-state index in [1.54, 1.807) is 12.1 Å². The van der Waals surface area contributed by atoms with Crippen LogP contribution in [0.15, 0.2) is 18.2 Å². The minimum atomic E-state index is -0.792. The predicted molar refractivity (Wildman–Crippen MR) is 71.6 cm³/mol. The second kappa shape index (κ2) is 5.88. The maximum absolute atomic E-state index is 13.1. The molecule has 104 valence electrons. The van der Waals surface area contributed by atoms with E-state index in [9.17, 15) is 14.3 Å². The lowest BCUT2D eigenvalue weighted by atomic mass is 9.92. The van der Waals surface area contributed by atoms with Crippen LogP contribution in [0.1, 0.15) is 25.3 Å². The molecule has 1 aliphatic rings. The van der Waals surface area contributed by atoms with Crippen LogP contribution in [0.4, 0.5) is 4.39 Å². The second-order valence-corrected chi connectivity index (χ2v) is 5.61. The van der Waals surface area contributed by atoms with E-state index in [1.807, 2.05) is 4.90 Å². The Balaban J connectivity index is 2.11. The summed E-state index contributed by atoms with van der Waals surface area (Å²) in [5.41, 5.74) is 0.840. The summed E-state index contributed by atoms with van der Waals surface area (Å²) in [6.07, 6.45) is 1.64. The Labute approximate surface area is 117 Å².